The summed E-state index contributed by atoms with van der Waals surface area (Å²) in [4.78, 5) is 0. The normalized spacial score (nSPS) is 22.4. The van der Waals surface area contributed by atoms with Crippen LogP contribution in [-0.4, -0.2) is 24.4 Å². The molecule has 0 aliphatic carbocycles. The van der Waals surface area contributed by atoms with Gasteiger partial charge in [-0.1, -0.05) is 22.0 Å². The number of hydrogen-bond acceptors (Lipinski definition) is 2. The van der Waals surface area contributed by atoms with Crippen LogP contribution in [0, 0.1) is 11.7 Å². The maximum absolute atomic E-state index is 12.9. The molecule has 0 radical (unpaired) electrons. The molecule has 0 amide bonds. The molecular formula is C13H16BrFO2. The fraction of sp³-hybridized carbons (Fsp3) is 0.538. The first-order valence-corrected chi connectivity index (χ1v) is 6.66. The Hall–Kier alpha value is -0.450. The minimum atomic E-state index is -0.419. The largest absolute Gasteiger partial charge is 0.392 e. The maximum Gasteiger partial charge on any atom is 0.124 e. The van der Waals surface area contributed by atoms with Crippen LogP contribution in [0.3, 0.4) is 0 Å². The van der Waals surface area contributed by atoms with E-state index in [-0.39, 0.29) is 11.7 Å². The molecule has 1 aliphatic heterocycles. The smallest absolute Gasteiger partial charge is 0.124 e. The van der Waals surface area contributed by atoms with E-state index in [0.717, 1.165) is 25.0 Å². The Morgan fingerprint density at radius 3 is 3.00 bits per heavy atom. The zero-order valence-electron chi connectivity index (χ0n) is 9.53. The van der Waals surface area contributed by atoms with Crippen LogP contribution >= 0.6 is 15.9 Å². The highest BCUT2D eigenvalue weighted by atomic mass is 79.9. The van der Waals surface area contributed by atoms with Crippen molar-refractivity contribution in [3.8, 4) is 0 Å². The summed E-state index contributed by atoms with van der Waals surface area (Å²) < 4.78 is 19.0. The molecule has 2 nitrogen and oxygen atoms in total. The molecule has 2 rings (SSSR count). The van der Waals surface area contributed by atoms with Crippen LogP contribution in [0.15, 0.2) is 22.7 Å². The molecule has 1 N–H and O–H groups in total. The third kappa shape index (κ3) is 3.50. The Balaban J connectivity index is 1.99. The summed E-state index contributed by atoms with van der Waals surface area (Å²) in [6.45, 7) is 1.42. The molecule has 94 valence electrons. The number of hydrogen-bond donors (Lipinski definition) is 1. The lowest BCUT2D eigenvalue weighted by atomic mass is 9.91. The third-order valence-corrected chi connectivity index (χ3v) is 3.92. The fourth-order valence-electron chi connectivity index (χ4n) is 2.15. The molecule has 1 saturated heterocycles. The van der Waals surface area contributed by atoms with Crippen LogP contribution in [0.2, 0.25) is 0 Å². The Morgan fingerprint density at radius 1 is 1.53 bits per heavy atom. The highest BCUT2D eigenvalue weighted by Gasteiger charge is 2.23. The zero-order valence-corrected chi connectivity index (χ0v) is 11.1. The quantitative estimate of drug-likeness (QED) is 0.930. The maximum atomic E-state index is 12.9. The van der Waals surface area contributed by atoms with E-state index < -0.39 is 6.10 Å². The highest BCUT2D eigenvalue weighted by Crippen LogP contribution is 2.24. The van der Waals surface area contributed by atoms with Gasteiger partial charge in [0.25, 0.3) is 0 Å². The molecule has 17 heavy (non-hydrogen) atoms. The second-order valence-electron chi connectivity index (χ2n) is 4.48. The molecule has 4 heteroatoms. The summed E-state index contributed by atoms with van der Waals surface area (Å²) in [6.07, 6.45) is 2.12. The molecular weight excluding hydrogens is 287 g/mol. The van der Waals surface area contributed by atoms with Gasteiger partial charge in [-0.25, -0.2) is 4.39 Å². The van der Waals surface area contributed by atoms with E-state index in [4.69, 9.17) is 4.74 Å². The van der Waals surface area contributed by atoms with Gasteiger partial charge in [0, 0.05) is 17.0 Å². The van der Waals surface area contributed by atoms with Crippen LogP contribution < -0.4 is 0 Å². The van der Waals surface area contributed by atoms with Gasteiger partial charge in [-0.15, -0.1) is 0 Å². The Labute approximate surface area is 109 Å². The summed E-state index contributed by atoms with van der Waals surface area (Å²) in [6, 6.07) is 4.57. The van der Waals surface area contributed by atoms with Crippen LogP contribution in [0.25, 0.3) is 0 Å². The predicted molar refractivity (Wildman–Crippen MR) is 67.4 cm³/mol. The predicted octanol–water partition coefficient (Wildman–Crippen LogP) is 2.92. The third-order valence-electron chi connectivity index (χ3n) is 3.18. The number of rotatable bonds is 3. The van der Waals surface area contributed by atoms with Crippen molar-refractivity contribution in [2.75, 3.05) is 13.2 Å². The first-order valence-electron chi connectivity index (χ1n) is 5.86. The van der Waals surface area contributed by atoms with Crippen LogP contribution in [-0.2, 0) is 11.2 Å². The van der Waals surface area contributed by atoms with Gasteiger partial charge >= 0.3 is 0 Å². The van der Waals surface area contributed by atoms with Gasteiger partial charge in [-0.2, -0.15) is 0 Å². The lowest BCUT2D eigenvalue weighted by Crippen LogP contribution is -2.30. The van der Waals surface area contributed by atoms with E-state index in [1.807, 2.05) is 0 Å². The van der Waals surface area contributed by atoms with Crippen molar-refractivity contribution in [3.63, 3.8) is 0 Å². The number of aliphatic hydroxyl groups is 1. The van der Waals surface area contributed by atoms with Gasteiger partial charge in [-0.3, -0.25) is 0 Å². The molecule has 2 atom stereocenters. The van der Waals surface area contributed by atoms with E-state index in [2.05, 4.69) is 15.9 Å². The first-order chi connectivity index (χ1) is 8.16. The topological polar surface area (TPSA) is 29.5 Å². The molecule has 0 aromatic heterocycles. The molecule has 2 unspecified atom stereocenters. The minimum Gasteiger partial charge on any atom is -0.392 e. The number of halogens is 2. The van der Waals surface area contributed by atoms with E-state index in [1.54, 1.807) is 6.07 Å². The zero-order chi connectivity index (χ0) is 12.3. The van der Waals surface area contributed by atoms with Crippen molar-refractivity contribution >= 4 is 15.9 Å². The van der Waals surface area contributed by atoms with Crippen LogP contribution in [0.1, 0.15) is 18.4 Å². The number of aliphatic hydroxyl groups excluding tert-OH is 1. The van der Waals surface area contributed by atoms with E-state index in [1.165, 1.54) is 12.1 Å². The highest BCUT2D eigenvalue weighted by molar-refractivity contribution is 9.10. The van der Waals surface area contributed by atoms with Crippen molar-refractivity contribution < 1.29 is 14.2 Å². The second kappa shape index (κ2) is 5.94. The Morgan fingerprint density at radius 2 is 2.35 bits per heavy atom. The van der Waals surface area contributed by atoms with Crippen molar-refractivity contribution in [2.45, 2.75) is 25.4 Å². The second-order valence-corrected chi connectivity index (χ2v) is 5.34. The van der Waals surface area contributed by atoms with Gasteiger partial charge in [0.2, 0.25) is 0 Å². The van der Waals surface area contributed by atoms with Crippen LogP contribution in [0.4, 0.5) is 4.39 Å². The summed E-state index contributed by atoms with van der Waals surface area (Å²) in [5.41, 5.74) is 0.935. The summed E-state index contributed by atoms with van der Waals surface area (Å²) in [5, 5.41) is 10.1. The number of ether oxygens (including phenoxy) is 1. The molecule has 1 aromatic carbocycles. The first kappa shape index (κ1) is 13.0. The average molecular weight is 303 g/mol. The molecule has 1 heterocycles. The average Bonchev–Trinajstić information content (AvgIpc) is 2.34. The molecule has 0 bridgehead atoms. The summed E-state index contributed by atoms with van der Waals surface area (Å²) >= 11 is 3.32. The van der Waals surface area contributed by atoms with Gasteiger partial charge in [-0.05, 0) is 37.0 Å². The summed E-state index contributed by atoms with van der Waals surface area (Å²) in [5.74, 6) is -0.0724. The van der Waals surface area contributed by atoms with Crippen molar-refractivity contribution in [1.82, 2.24) is 0 Å². The molecule has 0 spiro atoms. The number of benzene rings is 1. The Kier molecular flexibility index (Phi) is 4.54. The minimum absolute atomic E-state index is 0.195. The lowest BCUT2D eigenvalue weighted by molar-refractivity contribution is -0.00853. The fourth-order valence-corrected chi connectivity index (χ4v) is 2.66. The van der Waals surface area contributed by atoms with Gasteiger partial charge in [0.05, 0.1) is 12.7 Å². The van der Waals surface area contributed by atoms with Gasteiger partial charge in [0.15, 0.2) is 0 Å². The Bertz CT molecular complexity index is 378. The van der Waals surface area contributed by atoms with Gasteiger partial charge in [0.1, 0.15) is 5.82 Å². The van der Waals surface area contributed by atoms with Crippen molar-refractivity contribution in [2.24, 2.45) is 5.92 Å². The van der Waals surface area contributed by atoms with Crippen molar-refractivity contribution in [3.05, 3.63) is 34.1 Å². The monoisotopic (exact) mass is 302 g/mol. The summed E-state index contributed by atoms with van der Waals surface area (Å²) in [7, 11) is 0. The SMILES string of the molecule is OC(Cc1ccc(F)cc1Br)C1CCCOC1. The van der Waals surface area contributed by atoms with Crippen molar-refractivity contribution in [1.29, 1.82) is 0 Å². The van der Waals surface area contributed by atoms with Crippen LogP contribution in [0.5, 0.6) is 0 Å². The molecule has 1 aliphatic rings. The lowest BCUT2D eigenvalue weighted by Gasteiger charge is -2.27. The van der Waals surface area contributed by atoms with E-state index in [0.29, 0.717) is 17.5 Å². The molecule has 0 saturated carbocycles. The van der Waals surface area contributed by atoms with Gasteiger partial charge < -0.3 is 9.84 Å². The molecule has 1 aromatic rings. The van der Waals surface area contributed by atoms with E-state index in [9.17, 15) is 9.50 Å². The standard InChI is InChI=1S/C13H16BrFO2/c14-12-7-11(15)4-3-9(12)6-13(16)10-2-1-5-17-8-10/h3-4,7,10,13,16H,1-2,5-6,8H2. The van der Waals surface area contributed by atoms with E-state index >= 15 is 0 Å². The molecule has 1 fully saturated rings.